The third-order valence-corrected chi connectivity index (χ3v) is 3.85. The highest BCUT2D eigenvalue weighted by Gasteiger charge is 2.09. The zero-order valence-corrected chi connectivity index (χ0v) is 10.7. The van der Waals surface area contributed by atoms with E-state index < -0.39 is 0 Å². The number of thioether (sulfide) groups is 1. The molecule has 0 unspecified atom stereocenters. The molecule has 0 radical (unpaired) electrons. The van der Waals surface area contributed by atoms with Gasteiger partial charge in [0.1, 0.15) is 5.82 Å². The number of rotatable bonds is 5. The fraction of sp³-hybridized carbons (Fsp3) is 0.538. The van der Waals surface area contributed by atoms with Gasteiger partial charge in [0.2, 0.25) is 0 Å². The van der Waals surface area contributed by atoms with E-state index in [-0.39, 0.29) is 5.82 Å². The van der Waals surface area contributed by atoms with E-state index in [9.17, 15) is 4.39 Å². The molecule has 17 heavy (non-hydrogen) atoms. The molecule has 0 spiro atoms. The first kappa shape index (κ1) is 12.9. The second-order valence-corrected chi connectivity index (χ2v) is 5.24. The Bertz CT molecular complexity index is 325. The number of ether oxygens (including phenoxy) is 1. The monoisotopic (exact) mass is 255 g/mol. The SMILES string of the molecule is Fc1ccc(CSCCN2CCOCC2)cc1. The topological polar surface area (TPSA) is 12.5 Å². The zero-order chi connectivity index (χ0) is 11.9. The molecule has 1 aromatic rings. The maximum atomic E-state index is 12.7. The maximum Gasteiger partial charge on any atom is 0.123 e. The van der Waals surface area contributed by atoms with Crippen molar-refractivity contribution in [2.24, 2.45) is 0 Å². The summed E-state index contributed by atoms with van der Waals surface area (Å²) in [7, 11) is 0. The van der Waals surface area contributed by atoms with Crippen molar-refractivity contribution in [1.29, 1.82) is 0 Å². The van der Waals surface area contributed by atoms with Crippen molar-refractivity contribution in [2.75, 3.05) is 38.6 Å². The van der Waals surface area contributed by atoms with E-state index in [0.29, 0.717) is 0 Å². The van der Waals surface area contributed by atoms with Gasteiger partial charge in [-0.15, -0.1) is 0 Å². The van der Waals surface area contributed by atoms with E-state index >= 15 is 0 Å². The van der Waals surface area contributed by atoms with E-state index in [2.05, 4.69) is 4.90 Å². The molecule has 1 aliphatic heterocycles. The number of hydrogen-bond acceptors (Lipinski definition) is 3. The van der Waals surface area contributed by atoms with Crippen LogP contribution in [0.3, 0.4) is 0 Å². The van der Waals surface area contributed by atoms with Gasteiger partial charge in [-0.05, 0) is 17.7 Å². The minimum Gasteiger partial charge on any atom is -0.379 e. The van der Waals surface area contributed by atoms with Crippen LogP contribution in [-0.4, -0.2) is 43.5 Å². The zero-order valence-electron chi connectivity index (χ0n) is 9.90. The predicted octanol–water partition coefficient (Wildman–Crippen LogP) is 2.39. The first-order chi connectivity index (χ1) is 8.34. The summed E-state index contributed by atoms with van der Waals surface area (Å²) in [6, 6.07) is 6.77. The fourth-order valence-corrected chi connectivity index (χ4v) is 2.75. The third kappa shape index (κ3) is 4.66. The highest BCUT2D eigenvalue weighted by Crippen LogP contribution is 2.13. The lowest BCUT2D eigenvalue weighted by Gasteiger charge is -2.26. The summed E-state index contributed by atoms with van der Waals surface area (Å²) in [5, 5.41) is 0. The Kier molecular flexibility index (Phi) is 5.29. The van der Waals surface area contributed by atoms with Crippen molar-refractivity contribution in [3.8, 4) is 0 Å². The van der Waals surface area contributed by atoms with Crippen molar-refractivity contribution >= 4 is 11.8 Å². The lowest BCUT2D eigenvalue weighted by molar-refractivity contribution is 0.0410. The summed E-state index contributed by atoms with van der Waals surface area (Å²) in [5.74, 6) is 1.93. The summed E-state index contributed by atoms with van der Waals surface area (Å²) < 4.78 is 18.0. The van der Waals surface area contributed by atoms with Gasteiger partial charge < -0.3 is 4.74 Å². The van der Waals surface area contributed by atoms with Gasteiger partial charge in [-0.3, -0.25) is 4.90 Å². The van der Waals surface area contributed by atoms with Gasteiger partial charge in [-0.25, -0.2) is 4.39 Å². The molecule has 1 saturated heterocycles. The highest BCUT2D eigenvalue weighted by molar-refractivity contribution is 7.98. The van der Waals surface area contributed by atoms with Gasteiger partial charge in [0.05, 0.1) is 13.2 Å². The second kappa shape index (κ2) is 6.99. The predicted molar refractivity (Wildman–Crippen MR) is 69.8 cm³/mol. The highest BCUT2D eigenvalue weighted by atomic mass is 32.2. The molecule has 0 amide bonds. The first-order valence-electron chi connectivity index (χ1n) is 5.97. The molecule has 2 rings (SSSR count). The largest absolute Gasteiger partial charge is 0.379 e. The molecule has 94 valence electrons. The average molecular weight is 255 g/mol. The van der Waals surface area contributed by atoms with Gasteiger partial charge in [0.15, 0.2) is 0 Å². The van der Waals surface area contributed by atoms with Gasteiger partial charge in [0, 0.05) is 31.1 Å². The molecule has 0 N–H and O–H groups in total. The van der Waals surface area contributed by atoms with Crippen LogP contribution in [-0.2, 0) is 10.5 Å². The van der Waals surface area contributed by atoms with Crippen molar-refractivity contribution < 1.29 is 9.13 Å². The molecule has 1 aliphatic rings. The smallest absolute Gasteiger partial charge is 0.123 e. The molecule has 0 bridgehead atoms. The Morgan fingerprint density at radius 3 is 2.59 bits per heavy atom. The molecule has 0 atom stereocenters. The molecule has 1 heterocycles. The number of benzene rings is 1. The second-order valence-electron chi connectivity index (χ2n) is 4.13. The third-order valence-electron chi connectivity index (χ3n) is 2.84. The van der Waals surface area contributed by atoms with Crippen LogP contribution in [0.2, 0.25) is 0 Å². The van der Waals surface area contributed by atoms with Crippen LogP contribution < -0.4 is 0 Å². The average Bonchev–Trinajstić information content (AvgIpc) is 2.38. The summed E-state index contributed by atoms with van der Waals surface area (Å²) in [6.45, 7) is 4.95. The summed E-state index contributed by atoms with van der Waals surface area (Å²) in [5.41, 5.74) is 1.19. The van der Waals surface area contributed by atoms with Crippen LogP contribution in [0.4, 0.5) is 4.39 Å². The van der Waals surface area contributed by atoms with Crippen LogP contribution in [0, 0.1) is 5.82 Å². The van der Waals surface area contributed by atoms with E-state index in [0.717, 1.165) is 44.4 Å². The Labute approximate surface area is 106 Å². The molecule has 2 nitrogen and oxygen atoms in total. The fourth-order valence-electron chi connectivity index (χ4n) is 1.79. The molecule has 1 aromatic carbocycles. The first-order valence-corrected chi connectivity index (χ1v) is 7.12. The van der Waals surface area contributed by atoms with Crippen LogP contribution in [0.25, 0.3) is 0 Å². The van der Waals surface area contributed by atoms with E-state index in [4.69, 9.17) is 4.74 Å². The van der Waals surface area contributed by atoms with Crippen LogP contribution >= 0.6 is 11.8 Å². The Morgan fingerprint density at radius 1 is 1.18 bits per heavy atom. The Morgan fingerprint density at radius 2 is 1.88 bits per heavy atom. The standard InChI is InChI=1S/C13H18FNOS/c14-13-3-1-12(2-4-13)11-17-10-7-15-5-8-16-9-6-15/h1-4H,5-11H2. The number of nitrogens with zero attached hydrogens (tertiary/aromatic N) is 1. The number of halogens is 1. The van der Waals surface area contributed by atoms with Gasteiger partial charge in [-0.1, -0.05) is 12.1 Å². The minimum absolute atomic E-state index is 0.160. The van der Waals surface area contributed by atoms with E-state index in [1.54, 1.807) is 0 Å². The molecular formula is C13H18FNOS. The maximum absolute atomic E-state index is 12.7. The van der Waals surface area contributed by atoms with Crippen LogP contribution in [0.5, 0.6) is 0 Å². The lowest BCUT2D eigenvalue weighted by Crippen LogP contribution is -2.37. The summed E-state index contributed by atoms with van der Waals surface area (Å²) in [6.07, 6.45) is 0. The van der Waals surface area contributed by atoms with Gasteiger partial charge >= 0.3 is 0 Å². The summed E-state index contributed by atoms with van der Waals surface area (Å²) >= 11 is 1.90. The summed E-state index contributed by atoms with van der Waals surface area (Å²) in [4.78, 5) is 2.43. The van der Waals surface area contributed by atoms with Crippen molar-refractivity contribution in [3.05, 3.63) is 35.6 Å². The van der Waals surface area contributed by atoms with Crippen LogP contribution in [0.1, 0.15) is 5.56 Å². The Hall–Kier alpha value is -0.580. The molecule has 0 aliphatic carbocycles. The molecule has 4 heteroatoms. The molecule has 0 saturated carbocycles. The molecular weight excluding hydrogens is 237 g/mol. The van der Waals surface area contributed by atoms with Crippen molar-refractivity contribution in [2.45, 2.75) is 5.75 Å². The number of hydrogen-bond donors (Lipinski definition) is 0. The molecule has 1 fully saturated rings. The minimum atomic E-state index is -0.160. The van der Waals surface area contributed by atoms with E-state index in [1.807, 2.05) is 23.9 Å². The van der Waals surface area contributed by atoms with Crippen molar-refractivity contribution in [3.63, 3.8) is 0 Å². The quantitative estimate of drug-likeness (QED) is 0.750. The molecule has 0 aromatic heterocycles. The normalized spacial score (nSPS) is 17.2. The van der Waals surface area contributed by atoms with Crippen LogP contribution in [0.15, 0.2) is 24.3 Å². The van der Waals surface area contributed by atoms with E-state index in [1.165, 1.54) is 17.7 Å². The number of morpholine rings is 1. The van der Waals surface area contributed by atoms with Gasteiger partial charge in [0.25, 0.3) is 0 Å². The Balaban J connectivity index is 1.60. The lowest BCUT2D eigenvalue weighted by atomic mass is 10.2. The van der Waals surface area contributed by atoms with Crippen molar-refractivity contribution in [1.82, 2.24) is 4.90 Å². The van der Waals surface area contributed by atoms with Gasteiger partial charge in [-0.2, -0.15) is 11.8 Å².